The summed E-state index contributed by atoms with van der Waals surface area (Å²) in [5, 5.41) is 1.22. The Morgan fingerprint density at radius 2 is 2.05 bits per heavy atom. The van der Waals surface area contributed by atoms with Crippen molar-refractivity contribution in [3.05, 3.63) is 35.0 Å². The molecule has 0 saturated carbocycles. The van der Waals surface area contributed by atoms with Crippen LogP contribution in [0.3, 0.4) is 0 Å². The minimum absolute atomic E-state index is 0.228. The van der Waals surface area contributed by atoms with Gasteiger partial charge in [-0.1, -0.05) is 11.6 Å². The van der Waals surface area contributed by atoms with Crippen LogP contribution >= 0.6 is 0 Å². The molecule has 1 aromatic heterocycles. The van der Waals surface area contributed by atoms with Gasteiger partial charge in [0.25, 0.3) is 0 Å². The molecule has 0 spiro atoms. The summed E-state index contributed by atoms with van der Waals surface area (Å²) in [6.45, 7) is 5.89. The summed E-state index contributed by atoms with van der Waals surface area (Å²) < 4.78 is 12.2. The van der Waals surface area contributed by atoms with Gasteiger partial charge < -0.3 is 14.0 Å². The first kappa shape index (κ1) is 15.6. The minimum Gasteiger partial charge on any atom is -0.436 e. The maximum Gasteiger partial charge on any atom is 0.308 e. The summed E-state index contributed by atoms with van der Waals surface area (Å²) in [5.41, 5.74) is 4.85. The highest BCUT2D eigenvalue weighted by atomic mass is 16.7. The summed E-state index contributed by atoms with van der Waals surface area (Å²) in [4.78, 5) is 11.8. The van der Waals surface area contributed by atoms with Crippen LogP contribution in [0.15, 0.2) is 18.2 Å². The van der Waals surface area contributed by atoms with Crippen LogP contribution in [0.5, 0.6) is 0 Å². The van der Waals surface area contributed by atoms with Gasteiger partial charge in [-0.25, -0.2) is 0 Å². The lowest BCUT2D eigenvalue weighted by molar-refractivity contribution is -0.169. The molecule has 1 atom stereocenters. The number of aryl methyl sites for hydroxylation is 3. The van der Waals surface area contributed by atoms with Crippen molar-refractivity contribution in [1.29, 1.82) is 0 Å². The fourth-order valence-electron chi connectivity index (χ4n) is 2.60. The third-order valence-corrected chi connectivity index (χ3v) is 3.99. The number of hydrogen-bond acceptors (Lipinski definition) is 3. The number of nitrogens with zero attached hydrogens (tertiary/aromatic N) is 1. The monoisotopic (exact) mass is 289 g/mol. The third kappa shape index (κ3) is 3.27. The van der Waals surface area contributed by atoms with Gasteiger partial charge >= 0.3 is 5.97 Å². The molecule has 1 unspecified atom stereocenters. The first-order valence-corrected chi connectivity index (χ1v) is 7.20. The average Bonchev–Trinajstić information content (AvgIpc) is 2.68. The molecule has 4 heteroatoms. The van der Waals surface area contributed by atoms with Crippen molar-refractivity contribution in [2.24, 2.45) is 7.05 Å². The zero-order valence-corrected chi connectivity index (χ0v) is 13.4. The van der Waals surface area contributed by atoms with Gasteiger partial charge in [-0.15, -0.1) is 0 Å². The molecule has 0 aliphatic rings. The van der Waals surface area contributed by atoms with Crippen molar-refractivity contribution < 1.29 is 14.3 Å². The van der Waals surface area contributed by atoms with Crippen LogP contribution in [0.2, 0.25) is 0 Å². The van der Waals surface area contributed by atoms with Crippen LogP contribution < -0.4 is 0 Å². The number of aromatic nitrogens is 1. The fourth-order valence-corrected chi connectivity index (χ4v) is 2.60. The number of benzene rings is 1. The lowest BCUT2D eigenvalue weighted by atomic mass is 10.0. The van der Waals surface area contributed by atoms with Crippen molar-refractivity contribution in [1.82, 2.24) is 4.57 Å². The van der Waals surface area contributed by atoms with E-state index in [2.05, 4.69) is 43.7 Å². The molecule has 114 valence electrons. The van der Waals surface area contributed by atoms with Crippen LogP contribution in [0.1, 0.15) is 30.2 Å². The molecule has 1 aromatic carbocycles. The molecule has 2 aromatic rings. The first-order valence-electron chi connectivity index (χ1n) is 7.20. The predicted molar refractivity (Wildman–Crippen MR) is 83.3 cm³/mol. The molecule has 0 fully saturated rings. The molecule has 0 aliphatic carbocycles. The number of carbonyl (C=O) groups is 1. The number of hydrogen-bond donors (Lipinski definition) is 0. The van der Waals surface area contributed by atoms with Crippen LogP contribution in [0, 0.1) is 13.8 Å². The van der Waals surface area contributed by atoms with Gasteiger partial charge in [-0.3, -0.25) is 4.79 Å². The molecule has 4 nitrogen and oxygen atoms in total. The maximum atomic E-state index is 11.8. The van der Waals surface area contributed by atoms with Crippen molar-refractivity contribution in [2.45, 2.75) is 39.9 Å². The summed E-state index contributed by atoms with van der Waals surface area (Å²) in [5.74, 6) is -0.228. The largest absolute Gasteiger partial charge is 0.436 e. The van der Waals surface area contributed by atoms with E-state index < -0.39 is 6.29 Å². The highest BCUT2D eigenvalue weighted by Crippen LogP contribution is 2.27. The number of fused-ring (bicyclic) bond motifs is 1. The van der Waals surface area contributed by atoms with Crippen LogP contribution in [-0.4, -0.2) is 23.9 Å². The van der Waals surface area contributed by atoms with Crippen molar-refractivity contribution in [2.75, 3.05) is 7.11 Å². The summed E-state index contributed by atoms with van der Waals surface area (Å²) in [6, 6.07) is 6.42. The molecular formula is C17H23NO3. The highest BCUT2D eigenvalue weighted by molar-refractivity contribution is 5.86. The number of esters is 1. The maximum absolute atomic E-state index is 11.8. The van der Waals surface area contributed by atoms with Gasteiger partial charge in [0.15, 0.2) is 6.29 Å². The second-order valence-corrected chi connectivity index (χ2v) is 5.44. The van der Waals surface area contributed by atoms with Gasteiger partial charge in [-0.2, -0.15) is 0 Å². The van der Waals surface area contributed by atoms with Crippen LogP contribution in [0.25, 0.3) is 10.9 Å². The van der Waals surface area contributed by atoms with E-state index in [0.29, 0.717) is 12.8 Å². The first-order chi connectivity index (χ1) is 9.93. The summed E-state index contributed by atoms with van der Waals surface area (Å²) >= 11 is 0. The Kier molecular flexibility index (Phi) is 4.68. The van der Waals surface area contributed by atoms with Gasteiger partial charge in [-0.05, 0) is 44.9 Å². The lowest BCUT2D eigenvalue weighted by Gasteiger charge is -2.11. The van der Waals surface area contributed by atoms with Crippen molar-refractivity contribution in [3.63, 3.8) is 0 Å². The molecule has 0 bridgehead atoms. The summed E-state index contributed by atoms with van der Waals surface area (Å²) in [6.07, 6.45) is 0.553. The van der Waals surface area contributed by atoms with Crippen LogP contribution in [0.4, 0.5) is 0 Å². The normalized spacial score (nSPS) is 12.6. The second kappa shape index (κ2) is 6.31. The van der Waals surface area contributed by atoms with Crippen LogP contribution in [-0.2, 0) is 27.7 Å². The summed E-state index contributed by atoms with van der Waals surface area (Å²) in [7, 11) is 3.58. The van der Waals surface area contributed by atoms with Crippen molar-refractivity contribution >= 4 is 16.9 Å². The van der Waals surface area contributed by atoms with E-state index in [1.807, 2.05) is 0 Å². The molecule has 1 heterocycles. The van der Waals surface area contributed by atoms with Gasteiger partial charge in [0.2, 0.25) is 0 Å². The molecule has 0 aliphatic heterocycles. The van der Waals surface area contributed by atoms with Gasteiger partial charge in [0, 0.05) is 37.2 Å². The average molecular weight is 289 g/mol. The minimum atomic E-state index is -0.492. The van der Waals surface area contributed by atoms with E-state index in [1.165, 1.54) is 34.8 Å². The zero-order chi connectivity index (χ0) is 15.6. The van der Waals surface area contributed by atoms with E-state index in [9.17, 15) is 4.79 Å². The van der Waals surface area contributed by atoms with Gasteiger partial charge in [0.05, 0.1) is 0 Å². The van der Waals surface area contributed by atoms with E-state index in [4.69, 9.17) is 9.47 Å². The van der Waals surface area contributed by atoms with Gasteiger partial charge in [0.1, 0.15) is 0 Å². The Labute approximate surface area is 125 Å². The Morgan fingerprint density at radius 1 is 1.33 bits per heavy atom. The predicted octanol–water partition coefficient (Wildman–Crippen LogP) is 3.26. The zero-order valence-electron chi connectivity index (χ0n) is 13.4. The lowest BCUT2D eigenvalue weighted by Crippen LogP contribution is -2.16. The van der Waals surface area contributed by atoms with Crippen molar-refractivity contribution in [3.8, 4) is 0 Å². The molecule has 0 radical (unpaired) electrons. The molecule has 0 amide bonds. The van der Waals surface area contributed by atoms with E-state index >= 15 is 0 Å². The standard InChI is InChI=1S/C17H23NO3/c1-11-6-8-16-15(10-11)14(12(2)18(16)4)7-9-17(19)21-13(3)20-5/h6,8,10,13H,7,9H2,1-5H3. The molecule has 0 saturated heterocycles. The fraction of sp³-hybridized carbons (Fsp3) is 0.471. The highest BCUT2D eigenvalue weighted by Gasteiger charge is 2.15. The SMILES string of the molecule is COC(C)OC(=O)CCc1c(C)n(C)c2ccc(C)cc12. The smallest absolute Gasteiger partial charge is 0.308 e. The number of ether oxygens (including phenoxy) is 2. The van der Waals surface area contributed by atoms with E-state index in [1.54, 1.807) is 6.92 Å². The Balaban J connectivity index is 2.20. The van der Waals surface area contributed by atoms with E-state index in [-0.39, 0.29) is 5.97 Å². The third-order valence-electron chi connectivity index (χ3n) is 3.99. The topological polar surface area (TPSA) is 40.5 Å². The number of methoxy groups -OCH3 is 1. The number of rotatable bonds is 5. The number of carbonyl (C=O) groups excluding carboxylic acids is 1. The molecule has 0 N–H and O–H groups in total. The molecule has 21 heavy (non-hydrogen) atoms. The Hall–Kier alpha value is -1.81. The van der Waals surface area contributed by atoms with E-state index in [0.717, 1.165) is 0 Å². The Bertz CT molecular complexity index is 658. The second-order valence-electron chi connectivity index (χ2n) is 5.44. The molecule has 2 rings (SSSR count). The Morgan fingerprint density at radius 3 is 2.71 bits per heavy atom. The quantitative estimate of drug-likeness (QED) is 0.626. The molecular weight excluding hydrogens is 266 g/mol.